The van der Waals surface area contributed by atoms with Crippen LogP contribution in [0.1, 0.15) is 35.8 Å². The molecule has 1 fully saturated rings. The number of carbonyl (C=O) groups excluding carboxylic acids is 3. The third-order valence-corrected chi connectivity index (χ3v) is 6.72. The van der Waals surface area contributed by atoms with E-state index in [0.29, 0.717) is 36.5 Å². The van der Waals surface area contributed by atoms with E-state index in [1.807, 2.05) is 6.08 Å². The largest absolute Gasteiger partial charge is 0.397 e. The third-order valence-electron chi connectivity index (χ3n) is 6.72. The van der Waals surface area contributed by atoms with Crippen molar-refractivity contribution in [2.75, 3.05) is 50.4 Å². The standard InChI is InChI=1S/C29H36N6O4/c1-21(36)23-6-4-7-24(18-23)32-29(38)35(13-5-12-34-14-16-39-17-15-34)20-22-10-11-27(31-19-22)28(37)33-26-9-3-2-8-25(26)30/h2-4,6,8-11,18-19,24H,5,7,12-17,20,30H2,1H3,(H,32,38)(H,33,37). The summed E-state index contributed by atoms with van der Waals surface area (Å²) in [6.45, 7) is 6.51. The molecule has 1 aromatic carbocycles. The minimum absolute atomic E-state index is 0.0299. The molecule has 3 amide bonds. The number of ether oxygens (including phenoxy) is 1. The Hall–Kier alpha value is -4.02. The lowest BCUT2D eigenvalue weighted by Crippen LogP contribution is -2.45. The van der Waals surface area contributed by atoms with Crippen LogP contribution in [0.2, 0.25) is 0 Å². The van der Waals surface area contributed by atoms with Gasteiger partial charge in [-0.25, -0.2) is 4.79 Å². The molecular formula is C29H36N6O4. The lowest BCUT2D eigenvalue weighted by atomic mass is 10.0. The summed E-state index contributed by atoms with van der Waals surface area (Å²) >= 11 is 0. The SMILES string of the molecule is CC(=O)C1=CC(NC(=O)N(CCCN2CCOCC2)Cc2ccc(C(=O)Nc3ccccc3N)nc2)CC=C1. The predicted molar refractivity (Wildman–Crippen MR) is 150 cm³/mol. The molecule has 2 aliphatic rings. The monoisotopic (exact) mass is 532 g/mol. The van der Waals surface area contributed by atoms with Crippen LogP contribution in [0.5, 0.6) is 0 Å². The highest BCUT2D eigenvalue weighted by atomic mass is 16.5. The maximum atomic E-state index is 13.3. The summed E-state index contributed by atoms with van der Waals surface area (Å²) in [7, 11) is 0. The number of morpholine rings is 1. The Bertz CT molecular complexity index is 1220. The average Bonchev–Trinajstić information content (AvgIpc) is 2.94. The van der Waals surface area contributed by atoms with E-state index < -0.39 is 0 Å². The van der Waals surface area contributed by atoms with Gasteiger partial charge >= 0.3 is 6.03 Å². The maximum Gasteiger partial charge on any atom is 0.318 e. The molecule has 1 unspecified atom stereocenters. The first-order chi connectivity index (χ1) is 18.9. The zero-order valence-corrected chi connectivity index (χ0v) is 22.3. The number of nitrogens with one attached hydrogen (secondary N) is 2. The number of hydrogen-bond acceptors (Lipinski definition) is 7. The molecule has 4 rings (SSSR count). The van der Waals surface area contributed by atoms with Gasteiger partial charge < -0.3 is 26.0 Å². The number of para-hydroxylation sites is 2. The second kappa shape index (κ2) is 13.7. The average molecular weight is 533 g/mol. The summed E-state index contributed by atoms with van der Waals surface area (Å²) in [5.41, 5.74) is 8.57. The van der Waals surface area contributed by atoms with Crippen LogP contribution in [0.3, 0.4) is 0 Å². The number of nitrogens with zero attached hydrogens (tertiary/aromatic N) is 3. The molecule has 0 bridgehead atoms. The summed E-state index contributed by atoms with van der Waals surface area (Å²) in [6.07, 6.45) is 8.55. The summed E-state index contributed by atoms with van der Waals surface area (Å²) in [4.78, 5) is 46.2. The van der Waals surface area contributed by atoms with Gasteiger partial charge in [-0.3, -0.25) is 19.5 Å². The molecule has 1 saturated heterocycles. The van der Waals surface area contributed by atoms with Crippen molar-refractivity contribution < 1.29 is 19.1 Å². The third kappa shape index (κ3) is 8.23. The molecule has 1 aliphatic heterocycles. The highest BCUT2D eigenvalue weighted by molar-refractivity contribution is 6.04. The number of amides is 3. The van der Waals surface area contributed by atoms with Crippen LogP contribution < -0.4 is 16.4 Å². The fraction of sp³-hybridized carbons (Fsp3) is 0.379. The number of urea groups is 1. The fourth-order valence-corrected chi connectivity index (χ4v) is 4.50. The molecule has 1 aromatic heterocycles. The first-order valence-electron chi connectivity index (χ1n) is 13.2. The molecule has 0 saturated carbocycles. The first kappa shape index (κ1) is 28.0. The number of allylic oxidation sites excluding steroid dienone is 2. The maximum absolute atomic E-state index is 13.3. The van der Waals surface area contributed by atoms with Crippen LogP contribution in [-0.4, -0.2) is 77.9 Å². The number of Topliss-reactive ketones (excluding diaryl/α,β-unsaturated/α-hetero) is 1. The zero-order valence-electron chi connectivity index (χ0n) is 22.3. The van der Waals surface area contributed by atoms with Crippen molar-refractivity contribution in [1.82, 2.24) is 20.1 Å². The molecule has 10 nitrogen and oxygen atoms in total. The van der Waals surface area contributed by atoms with E-state index >= 15 is 0 Å². The Balaban J connectivity index is 1.40. The predicted octanol–water partition coefficient (Wildman–Crippen LogP) is 2.99. The highest BCUT2D eigenvalue weighted by Crippen LogP contribution is 2.18. The van der Waals surface area contributed by atoms with Gasteiger partial charge in [0.25, 0.3) is 5.91 Å². The van der Waals surface area contributed by atoms with Crippen molar-refractivity contribution in [3.05, 3.63) is 77.7 Å². The quantitative estimate of drug-likeness (QED) is 0.401. The topological polar surface area (TPSA) is 130 Å². The molecule has 0 spiro atoms. The van der Waals surface area contributed by atoms with Gasteiger partial charge in [-0.2, -0.15) is 0 Å². The van der Waals surface area contributed by atoms with Crippen molar-refractivity contribution >= 4 is 29.1 Å². The van der Waals surface area contributed by atoms with E-state index in [4.69, 9.17) is 10.5 Å². The molecular weight excluding hydrogens is 496 g/mol. The van der Waals surface area contributed by atoms with Crippen LogP contribution in [0.25, 0.3) is 0 Å². The lowest BCUT2D eigenvalue weighted by molar-refractivity contribution is -0.113. The summed E-state index contributed by atoms with van der Waals surface area (Å²) in [5.74, 6) is -0.393. The Morgan fingerprint density at radius 2 is 1.95 bits per heavy atom. The van der Waals surface area contributed by atoms with Crippen molar-refractivity contribution in [3.8, 4) is 0 Å². The molecule has 206 valence electrons. The summed E-state index contributed by atoms with van der Waals surface area (Å²) < 4.78 is 5.43. The van der Waals surface area contributed by atoms with E-state index in [1.165, 1.54) is 6.92 Å². The number of pyridine rings is 1. The zero-order chi connectivity index (χ0) is 27.6. The van der Waals surface area contributed by atoms with Crippen molar-refractivity contribution in [3.63, 3.8) is 0 Å². The van der Waals surface area contributed by atoms with E-state index in [9.17, 15) is 14.4 Å². The highest BCUT2D eigenvalue weighted by Gasteiger charge is 2.20. The number of nitrogen functional groups attached to an aromatic ring is 1. The number of ketones is 1. The smallest absolute Gasteiger partial charge is 0.318 e. The van der Waals surface area contributed by atoms with Gasteiger partial charge in [-0.1, -0.05) is 36.4 Å². The number of benzene rings is 1. The van der Waals surface area contributed by atoms with Crippen LogP contribution in [0.4, 0.5) is 16.2 Å². The molecule has 2 heterocycles. The second-order valence-electron chi connectivity index (χ2n) is 9.69. The van der Waals surface area contributed by atoms with Gasteiger partial charge in [-0.15, -0.1) is 0 Å². The van der Waals surface area contributed by atoms with E-state index in [-0.39, 0.29) is 29.5 Å². The minimum Gasteiger partial charge on any atom is -0.397 e. The molecule has 4 N–H and O–H groups in total. The Morgan fingerprint density at radius 3 is 2.67 bits per heavy atom. The molecule has 0 radical (unpaired) electrons. The summed E-state index contributed by atoms with van der Waals surface area (Å²) in [6, 6.07) is 10.0. The Morgan fingerprint density at radius 1 is 1.15 bits per heavy atom. The minimum atomic E-state index is -0.363. The summed E-state index contributed by atoms with van der Waals surface area (Å²) in [5, 5.41) is 5.82. The van der Waals surface area contributed by atoms with E-state index in [1.54, 1.807) is 59.6 Å². The Kier molecular flexibility index (Phi) is 9.82. The lowest BCUT2D eigenvalue weighted by Gasteiger charge is -2.29. The van der Waals surface area contributed by atoms with Crippen molar-refractivity contribution in [2.24, 2.45) is 0 Å². The van der Waals surface area contributed by atoms with Crippen LogP contribution in [0, 0.1) is 0 Å². The number of hydrogen-bond donors (Lipinski definition) is 3. The van der Waals surface area contributed by atoms with E-state index in [2.05, 4.69) is 20.5 Å². The van der Waals surface area contributed by atoms with Gasteiger partial charge in [0.1, 0.15) is 5.69 Å². The fourth-order valence-electron chi connectivity index (χ4n) is 4.50. The van der Waals surface area contributed by atoms with Crippen LogP contribution in [-0.2, 0) is 16.1 Å². The number of rotatable bonds is 10. The number of nitrogens with two attached hydrogens (primary N) is 1. The first-order valence-corrected chi connectivity index (χ1v) is 13.2. The van der Waals surface area contributed by atoms with Gasteiger partial charge in [0, 0.05) is 44.5 Å². The van der Waals surface area contributed by atoms with Crippen LogP contribution >= 0.6 is 0 Å². The van der Waals surface area contributed by atoms with Gasteiger partial charge in [0.05, 0.1) is 30.6 Å². The molecule has 2 aromatic rings. The normalized spacial score (nSPS) is 17.3. The Labute approximate surface area is 228 Å². The van der Waals surface area contributed by atoms with Gasteiger partial charge in [0.15, 0.2) is 5.78 Å². The van der Waals surface area contributed by atoms with E-state index in [0.717, 1.165) is 44.8 Å². The molecule has 1 aliphatic carbocycles. The molecule has 10 heteroatoms. The van der Waals surface area contributed by atoms with Gasteiger partial charge in [-0.05, 0) is 43.5 Å². The van der Waals surface area contributed by atoms with Crippen molar-refractivity contribution in [2.45, 2.75) is 32.4 Å². The number of aromatic nitrogens is 1. The van der Waals surface area contributed by atoms with Gasteiger partial charge in [0.2, 0.25) is 0 Å². The van der Waals surface area contributed by atoms with Crippen molar-refractivity contribution in [1.29, 1.82) is 0 Å². The second-order valence-corrected chi connectivity index (χ2v) is 9.69. The molecule has 1 atom stereocenters. The number of carbonyl (C=O) groups is 3. The van der Waals surface area contributed by atoms with Crippen LogP contribution in [0.15, 0.2) is 66.4 Å². The number of anilines is 2. The molecule has 39 heavy (non-hydrogen) atoms.